The molecule has 0 aliphatic heterocycles. The van der Waals surface area contributed by atoms with Gasteiger partial charge in [-0.3, -0.25) is 0 Å². The molecule has 0 spiro atoms. The summed E-state index contributed by atoms with van der Waals surface area (Å²) in [5.74, 6) is 0.877. The van der Waals surface area contributed by atoms with Gasteiger partial charge in [0.25, 0.3) is 0 Å². The lowest BCUT2D eigenvalue weighted by Gasteiger charge is -2.16. The summed E-state index contributed by atoms with van der Waals surface area (Å²) in [7, 11) is 0. The van der Waals surface area contributed by atoms with Crippen molar-refractivity contribution in [1.29, 1.82) is 0 Å². The molecule has 0 aliphatic rings. The molecule has 2 rings (SSSR count). The fourth-order valence-electron chi connectivity index (χ4n) is 2.34. The van der Waals surface area contributed by atoms with Crippen LogP contribution in [0.25, 0.3) is 0 Å². The number of benzene rings is 2. The van der Waals surface area contributed by atoms with Crippen molar-refractivity contribution in [2.24, 2.45) is 5.73 Å². The van der Waals surface area contributed by atoms with Crippen LogP contribution in [0, 0.1) is 13.8 Å². The largest absolute Gasteiger partial charge is 0.492 e. The van der Waals surface area contributed by atoms with Crippen molar-refractivity contribution in [3.05, 3.63) is 64.7 Å². The minimum atomic E-state index is -0.0959. The molecule has 0 fully saturated rings. The van der Waals surface area contributed by atoms with Gasteiger partial charge in [-0.05, 0) is 49.1 Å². The van der Waals surface area contributed by atoms with Gasteiger partial charge in [0.05, 0.1) is 6.04 Å². The lowest BCUT2D eigenvalue weighted by Crippen LogP contribution is -2.20. The molecule has 0 amide bonds. The number of ether oxygens (including phenoxy) is 1. The molecule has 0 radical (unpaired) electrons. The number of rotatable bonds is 5. The van der Waals surface area contributed by atoms with Crippen molar-refractivity contribution in [3.63, 3.8) is 0 Å². The van der Waals surface area contributed by atoms with E-state index >= 15 is 0 Å². The highest BCUT2D eigenvalue weighted by molar-refractivity contribution is 5.33. The zero-order valence-corrected chi connectivity index (χ0v) is 12.5. The Kier molecular flexibility index (Phi) is 4.80. The first kappa shape index (κ1) is 14.6. The van der Waals surface area contributed by atoms with Crippen molar-refractivity contribution in [2.75, 3.05) is 6.61 Å². The van der Waals surface area contributed by atoms with Crippen molar-refractivity contribution < 1.29 is 4.74 Å². The van der Waals surface area contributed by atoms with E-state index in [1.165, 1.54) is 16.7 Å². The Bertz CT molecular complexity index is 560. The highest BCUT2D eigenvalue weighted by atomic mass is 16.5. The van der Waals surface area contributed by atoms with E-state index in [9.17, 15) is 0 Å². The first-order valence-corrected chi connectivity index (χ1v) is 7.14. The van der Waals surface area contributed by atoms with Gasteiger partial charge in [-0.25, -0.2) is 0 Å². The summed E-state index contributed by atoms with van der Waals surface area (Å²) in [6.07, 6.45) is 1.04. The van der Waals surface area contributed by atoms with Gasteiger partial charge in [-0.1, -0.05) is 42.8 Å². The quantitative estimate of drug-likeness (QED) is 0.892. The summed E-state index contributed by atoms with van der Waals surface area (Å²) in [5, 5.41) is 0. The van der Waals surface area contributed by atoms with Gasteiger partial charge in [0.2, 0.25) is 0 Å². The highest BCUT2D eigenvalue weighted by Crippen LogP contribution is 2.19. The molecule has 0 heterocycles. The molecule has 2 aromatic carbocycles. The van der Waals surface area contributed by atoms with E-state index in [2.05, 4.69) is 51.1 Å². The number of nitrogens with two attached hydrogens (primary N) is 1. The van der Waals surface area contributed by atoms with E-state index in [-0.39, 0.29) is 6.04 Å². The molecule has 2 nitrogen and oxygen atoms in total. The van der Waals surface area contributed by atoms with Crippen LogP contribution in [0.3, 0.4) is 0 Å². The lowest BCUT2D eigenvalue weighted by atomic mass is 10.0. The van der Waals surface area contributed by atoms with Crippen LogP contribution in [-0.4, -0.2) is 6.61 Å². The van der Waals surface area contributed by atoms with E-state index in [1.54, 1.807) is 0 Å². The third-order valence-corrected chi connectivity index (χ3v) is 3.59. The summed E-state index contributed by atoms with van der Waals surface area (Å²) in [4.78, 5) is 0. The molecule has 2 aromatic rings. The molecule has 1 atom stereocenters. The fourth-order valence-corrected chi connectivity index (χ4v) is 2.34. The predicted molar refractivity (Wildman–Crippen MR) is 84.2 cm³/mol. The van der Waals surface area contributed by atoms with Crippen LogP contribution in [0.1, 0.15) is 35.2 Å². The molecular formula is C18H23NO. The minimum Gasteiger partial charge on any atom is -0.492 e. The van der Waals surface area contributed by atoms with E-state index < -0.39 is 0 Å². The van der Waals surface area contributed by atoms with Crippen LogP contribution in [0.2, 0.25) is 0 Å². The number of hydrogen-bond donors (Lipinski definition) is 1. The van der Waals surface area contributed by atoms with Gasteiger partial charge in [0, 0.05) is 0 Å². The van der Waals surface area contributed by atoms with Crippen molar-refractivity contribution in [1.82, 2.24) is 0 Å². The maximum atomic E-state index is 6.22. The zero-order chi connectivity index (χ0) is 14.5. The van der Waals surface area contributed by atoms with Crippen molar-refractivity contribution >= 4 is 0 Å². The Balaban J connectivity index is 1.98. The molecule has 0 aromatic heterocycles. The zero-order valence-electron chi connectivity index (χ0n) is 12.5. The normalized spacial score (nSPS) is 12.2. The van der Waals surface area contributed by atoms with Gasteiger partial charge in [-0.2, -0.15) is 0 Å². The second kappa shape index (κ2) is 6.58. The van der Waals surface area contributed by atoms with Gasteiger partial charge in [-0.15, -0.1) is 0 Å². The molecule has 0 aliphatic carbocycles. The molecule has 2 heteroatoms. The Hall–Kier alpha value is -1.80. The van der Waals surface area contributed by atoms with E-state index in [0.29, 0.717) is 6.61 Å². The molecule has 20 heavy (non-hydrogen) atoms. The highest BCUT2D eigenvalue weighted by Gasteiger charge is 2.09. The monoisotopic (exact) mass is 269 g/mol. The summed E-state index contributed by atoms with van der Waals surface area (Å²) in [6.45, 7) is 6.83. The number of hydrogen-bond acceptors (Lipinski definition) is 2. The Morgan fingerprint density at radius 3 is 2.35 bits per heavy atom. The molecule has 0 bridgehead atoms. The molecule has 106 valence electrons. The molecular weight excluding hydrogens is 246 g/mol. The topological polar surface area (TPSA) is 35.2 Å². The van der Waals surface area contributed by atoms with Crippen LogP contribution >= 0.6 is 0 Å². The van der Waals surface area contributed by atoms with Gasteiger partial charge >= 0.3 is 0 Å². The van der Waals surface area contributed by atoms with Gasteiger partial charge in [0.15, 0.2) is 0 Å². The average Bonchev–Trinajstić information content (AvgIpc) is 2.45. The van der Waals surface area contributed by atoms with Crippen LogP contribution in [0.15, 0.2) is 42.5 Å². The minimum absolute atomic E-state index is 0.0959. The van der Waals surface area contributed by atoms with Crippen molar-refractivity contribution in [3.8, 4) is 5.75 Å². The van der Waals surface area contributed by atoms with Crippen LogP contribution in [0.4, 0.5) is 0 Å². The second-order valence-electron chi connectivity index (χ2n) is 5.28. The summed E-state index contributed by atoms with van der Waals surface area (Å²) in [5.41, 5.74) is 11.2. The Morgan fingerprint density at radius 2 is 1.75 bits per heavy atom. The van der Waals surface area contributed by atoms with Crippen LogP contribution < -0.4 is 10.5 Å². The van der Waals surface area contributed by atoms with E-state index in [4.69, 9.17) is 10.5 Å². The molecule has 0 saturated carbocycles. The SMILES string of the molecule is CCc1ccc(OCC(N)c2ccc(C)cc2C)cc1. The summed E-state index contributed by atoms with van der Waals surface area (Å²) in [6, 6.07) is 14.5. The molecule has 0 saturated heterocycles. The Morgan fingerprint density at radius 1 is 1.05 bits per heavy atom. The molecule has 1 unspecified atom stereocenters. The van der Waals surface area contributed by atoms with Gasteiger partial charge in [0.1, 0.15) is 12.4 Å². The van der Waals surface area contributed by atoms with E-state index in [0.717, 1.165) is 17.7 Å². The second-order valence-corrected chi connectivity index (χ2v) is 5.28. The van der Waals surface area contributed by atoms with E-state index in [1.807, 2.05) is 12.1 Å². The standard InChI is InChI=1S/C18H23NO/c1-4-15-6-8-16(9-7-15)20-12-18(19)17-10-5-13(2)11-14(17)3/h5-11,18H,4,12,19H2,1-3H3. The number of aryl methyl sites for hydroxylation is 3. The first-order chi connectivity index (χ1) is 9.60. The predicted octanol–water partition coefficient (Wildman–Crippen LogP) is 3.94. The lowest BCUT2D eigenvalue weighted by molar-refractivity contribution is 0.290. The van der Waals surface area contributed by atoms with Crippen molar-refractivity contribution in [2.45, 2.75) is 33.2 Å². The summed E-state index contributed by atoms with van der Waals surface area (Å²) < 4.78 is 5.78. The molecule has 2 N–H and O–H groups in total. The summed E-state index contributed by atoms with van der Waals surface area (Å²) >= 11 is 0. The maximum Gasteiger partial charge on any atom is 0.119 e. The van der Waals surface area contributed by atoms with Crippen LogP contribution in [0.5, 0.6) is 5.75 Å². The Labute approximate surface area is 121 Å². The van der Waals surface area contributed by atoms with Crippen LogP contribution in [-0.2, 0) is 6.42 Å². The average molecular weight is 269 g/mol. The first-order valence-electron chi connectivity index (χ1n) is 7.14. The third kappa shape index (κ3) is 3.61. The third-order valence-electron chi connectivity index (χ3n) is 3.59. The van der Waals surface area contributed by atoms with Gasteiger partial charge < -0.3 is 10.5 Å². The smallest absolute Gasteiger partial charge is 0.119 e. The maximum absolute atomic E-state index is 6.22. The fraction of sp³-hybridized carbons (Fsp3) is 0.333.